The minimum Gasteiger partial charge on any atom is -0.506 e. The number of hydrogen-bond acceptors (Lipinski definition) is 3. The van der Waals surface area contributed by atoms with Crippen molar-refractivity contribution in [3.63, 3.8) is 0 Å². The zero-order chi connectivity index (χ0) is 13.0. The van der Waals surface area contributed by atoms with E-state index in [1.807, 2.05) is 42.5 Å². The van der Waals surface area contributed by atoms with E-state index in [1.54, 1.807) is 0 Å². The molecule has 0 saturated carbocycles. The second-order valence-electron chi connectivity index (χ2n) is 3.75. The lowest BCUT2D eigenvalue weighted by molar-refractivity contribution is 0.467. The molecule has 0 heterocycles. The number of aromatic hydroxyl groups is 1. The molecule has 0 atom stereocenters. The second kappa shape index (κ2) is 6.58. The molecule has 2 aromatic rings. The molecular weight excluding hydrogens is 454 g/mol. The van der Waals surface area contributed by atoms with Gasteiger partial charge in [0.05, 0.1) is 7.14 Å². The highest BCUT2D eigenvalue weighted by Gasteiger charge is 2.05. The van der Waals surface area contributed by atoms with Gasteiger partial charge in [0, 0.05) is 12.2 Å². The van der Waals surface area contributed by atoms with Crippen LogP contribution in [0, 0.1) is 7.14 Å². The Morgan fingerprint density at radius 3 is 2.22 bits per heavy atom. The Hall–Kier alpha value is -0.540. The first kappa shape index (κ1) is 13.9. The molecule has 3 nitrogen and oxygen atoms in total. The smallest absolute Gasteiger partial charge is 0.142 e. The van der Waals surface area contributed by atoms with Crippen LogP contribution in [-0.2, 0) is 6.54 Å². The van der Waals surface area contributed by atoms with Crippen molar-refractivity contribution in [1.29, 1.82) is 0 Å². The van der Waals surface area contributed by atoms with E-state index in [9.17, 15) is 5.11 Å². The normalized spacial score (nSPS) is 10.3. The number of phenolic OH excluding ortho intramolecular Hbond substituents is 1. The summed E-state index contributed by atoms with van der Waals surface area (Å²) in [6, 6.07) is 13.9. The lowest BCUT2D eigenvalue weighted by Crippen LogP contribution is -2.20. The maximum absolute atomic E-state index is 9.68. The molecular formula is C13H12I2N2O. The van der Waals surface area contributed by atoms with Gasteiger partial charge in [-0.25, -0.2) is 5.43 Å². The molecule has 0 bridgehead atoms. The lowest BCUT2D eigenvalue weighted by atomic mass is 10.2. The number of rotatable bonds is 4. The van der Waals surface area contributed by atoms with Crippen LogP contribution in [-0.4, -0.2) is 5.11 Å². The molecule has 0 radical (unpaired) electrons. The first-order valence-electron chi connectivity index (χ1n) is 5.37. The van der Waals surface area contributed by atoms with Crippen molar-refractivity contribution in [1.82, 2.24) is 5.43 Å². The Bertz CT molecular complexity index is 509. The minimum atomic E-state index is 0.357. The van der Waals surface area contributed by atoms with E-state index >= 15 is 0 Å². The van der Waals surface area contributed by atoms with Gasteiger partial charge in [0.25, 0.3) is 0 Å². The number of halogens is 2. The highest BCUT2D eigenvalue weighted by Crippen LogP contribution is 2.27. The van der Waals surface area contributed by atoms with Crippen LogP contribution >= 0.6 is 45.2 Å². The van der Waals surface area contributed by atoms with E-state index in [2.05, 4.69) is 56.0 Å². The maximum Gasteiger partial charge on any atom is 0.142 e. The summed E-state index contributed by atoms with van der Waals surface area (Å²) in [6.45, 7) is 0.696. The van der Waals surface area contributed by atoms with Crippen LogP contribution < -0.4 is 10.9 Å². The Morgan fingerprint density at radius 1 is 1.00 bits per heavy atom. The van der Waals surface area contributed by atoms with E-state index in [4.69, 9.17) is 0 Å². The first-order valence-corrected chi connectivity index (χ1v) is 7.53. The van der Waals surface area contributed by atoms with Crippen LogP contribution in [0.25, 0.3) is 0 Å². The van der Waals surface area contributed by atoms with Gasteiger partial charge in [0.2, 0.25) is 0 Å². The molecule has 0 unspecified atom stereocenters. The molecule has 0 aliphatic carbocycles. The summed E-state index contributed by atoms with van der Waals surface area (Å²) >= 11 is 4.27. The average molecular weight is 466 g/mol. The van der Waals surface area contributed by atoms with E-state index in [0.717, 1.165) is 18.4 Å². The molecule has 0 fully saturated rings. The topological polar surface area (TPSA) is 44.3 Å². The predicted molar refractivity (Wildman–Crippen MR) is 90.4 cm³/mol. The molecule has 0 aliphatic heterocycles. The van der Waals surface area contributed by atoms with Crippen LogP contribution in [0.5, 0.6) is 5.75 Å². The van der Waals surface area contributed by atoms with E-state index < -0.39 is 0 Å². The summed E-state index contributed by atoms with van der Waals surface area (Å²) in [5.41, 5.74) is 8.44. The molecule has 2 rings (SSSR count). The van der Waals surface area contributed by atoms with Crippen LogP contribution in [0.2, 0.25) is 0 Å². The zero-order valence-electron chi connectivity index (χ0n) is 9.45. The van der Waals surface area contributed by atoms with Gasteiger partial charge in [-0.1, -0.05) is 18.2 Å². The Morgan fingerprint density at radius 2 is 1.61 bits per heavy atom. The Balaban J connectivity index is 1.95. The summed E-state index contributed by atoms with van der Waals surface area (Å²) in [4.78, 5) is 0. The van der Waals surface area contributed by atoms with Crippen LogP contribution in [0.4, 0.5) is 5.69 Å². The minimum absolute atomic E-state index is 0.357. The predicted octanol–water partition coefficient (Wildman–Crippen LogP) is 3.72. The van der Waals surface area contributed by atoms with Gasteiger partial charge in [-0.15, -0.1) is 0 Å². The van der Waals surface area contributed by atoms with Crippen molar-refractivity contribution in [2.45, 2.75) is 6.54 Å². The first-order chi connectivity index (χ1) is 8.66. The van der Waals surface area contributed by atoms with Crippen molar-refractivity contribution >= 4 is 50.9 Å². The quantitative estimate of drug-likeness (QED) is 0.476. The van der Waals surface area contributed by atoms with Gasteiger partial charge in [-0.3, -0.25) is 0 Å². The largest absolute Gasteiger partial charge is 0.506 e. The van der Waals surface area contributed by atoms with Crippen LogP contribution in [0.3, 0.4) is 0 Å². The molecule has 0 aromatic heterocycles. The number of benzene rings is 2. The molecule has 0 amide bonds. The Kier molecular flexibility index (Phi) is 5.07. The SMILES string of the molecule is Oc1c(I)cc(CNNc2ccccc2)cc1I. The van der Waals surface area contributed by atoms with Gasteiger partial charge in [0.15, 0.2) is 0 Å². The van der Waals surface area contributed by atoms with E-state index in [1.165, 1.54) is 0 Å². The third-order valence-corrected chi connectivity index (χ3v) is 4.02. The standard InChI is InChI=1S/C13H12I2N2O/c14-11-6-9(7-12(15)13(11)18)8-16-17-10-4-2-1-3-5-10/h1-7,16-18H,8H2. The van der Waals surface area contributed by atoms with Crippen molar-refractivity contribution in [2.24, 2.45) is 0 Å². The molecule has 0 saturated heterocycles. The number of nitrogens with one attached hydrogen (secondary N) is 2. The van der Waals surface area contributed by atoms with E-state index in [0.29, 0.717) is 12.3 Å². The van der Waals surface area contributed by atoms with Crippen molar-refractivity contribution in [2.75, 3.05) is 5.43 Å². The fraction of sp³-hybridized carbons (Fsp3) is 0.0769. The van der Waals surface area contributed by atoms with Crippen LogP contribution in [0.1, 0.15) is 5.56 Å². The number of anilines is 1. The molecule has 5 heteroatoms. The summed E-state index contributed by atoms with van der Waals surface area (Å²) in [5.74, 6) is 0.357. The molecule has 94 valence electrons. The van der Waals surface area contributed by atoms with Gasteiger partial charge >= 0.3 is 0 Å². The number of para-hydroxylation sites is 1. The van der Waals surface area contributed by atoms with Gasteiger partial charge in [-0.05, 0) is 75.0 Å². The highest BCUT2D eigenvalue weighted by molar-refractivity contribution is 14.1. The number of hydrazine groups is 1. The number of phenols is 1. The zero-order valence-corrected chi connectivity index (χ0v) is 13.8. The maximum atomic E-state index is 9.68. The van der Waals surface area contributed by atoms with Crippen molar-refractivity contribution < 1.29 is 5.11 Å². The average Bonchev–Trinajstić information content (AvgIpc) is 2.37. The monoisotopic (exact) mass is 466 g/mol. The third-order valence-electron chi connectivity index (χ3n) is 2.38. The van der Waals surface area contributed by atoms with Gasteiger partial charge in [-0.2, -0.15) is 0 Å². The second-order valence-corrected chi connectivity index (χ2v) is 6.08. The van der Waals surface area contributed by atoms with Gasteiger partial charge < -0.3 is 10.5 Å². The molecule has 0 aliphatic rings. The van der Waals surface area contributed by atoms with Crippen molar-refractivity contribution in [3.8, 4) is 5.75 Å². The fourth-order valence-electron chi connectivity index (χ4n) is 1.49. The molecule has 3 N–H and O–H groups in total. The lowest BCUT2D eigenvalue weighted by Gasteiger charge is -2.10. The van der Waals surface area contributed by atoms with Crippen LogP contribution in [0.15, 0.2) is 42.5 Å². The fourth-order valence-corrected chi connectivity index (χ4v) is 3.39. The van der Waals surface area contributed by atoms with Crippen molar-refractivity contribution in [3.05, 3.63) is 55.2 Å². The molecule has 2 aromatic carbocycles. The summed E-state index contributed by atoms with van der Waals surface area (Å²) in [7, 11) is 0. The molecule has 0 spiro atoms. The Labute approximate surface area is 133 Å². The summed E-state index contributed by atoms with van der Waals surface area (Å²) in [5, 5.41) is 9.68. The van der Waals surface area contributed by atoms with Gasteiger partial charge in [0.1, 0.15) is 5.75 Å². The summed E-state index contributed by atoms with van der Waals surface area (Å²) < 4.78 is 1.74. The number of hydrogen-bond donors (Lipinski definition) is 3. The summed E-state index contributed by atoms with van der Waals surface area (Å²) in [6.07, 6.45) is 0. The third kappa shape index (κ3) is 3.72. The highest BCUT2D eigenvalue weighted by atomic mass is 127. The van der Waals surface area contributed by atoms with E-state index in [-0.39, 0.29) is 0 Å². The molecule has 18 heavy (non-hydrogen) atoms.